The minimum Gasteiger partial charge on any atom is -0.481 e. The van der Waals surface area contributed by atoms with Gasteiger partial charge in [-0.3, -0.25) is 14.5 Å². The van der Waals surface area contributed by atoms with E-state index in [4.69, 9.17) is 5.73 Å². The van der Waals surface area contributed by atoms with Gasteiger partial charge >= 0.3 is 5.97 Å². The Kier molecular flexibility index (Phi) is 3.89. The summed E-state index contributed by atoms with van der Waals surface area (Å²) in [4.78, 5) is 28.3. The maximum atomic E-state index is 14.8. The number of halogens is 1. The van der Waals surface area contributed by atoms with E-state index in [-0.39, 0.29) is 35.7 Å². The molecule has 6 unspecified atom stereocenters. The summed E-state index contributed by atoms with van der Waals surface area (Å²) >= 11 is 1.35. The van der Waals surface area contributed by atoms with Gasteiger partial charge in [0.05, 0.1) is 5.03 Å². The molecule has 3 N–H and O–H groups in total. The molecule has 8 heteroatoms. The van der Waals surface area contributed by atoms with E-state index in [1.165, 1.54) is 11.8 Å². The third-order valence-corrected chi connectivity index (χ3v) is 7.19. The van der Waals surface area contributed by atoms with Crippen LogP contribution in [0.1, 0.15) is 19.3 Å². The highest BCUT2D eigenvalue weighted by atomic mass is 32.2. The lowest BCUT2D eigenvalue weighted by Gasteiger charge is -2.58. The third-order valence-electron chi connectivity index (χ3n) is 5.97. The first-order valence-electron chi connectivity index (χ1n) is 8.42. The van der Waals surface area contributed by atoms with E-state index in [9.17, 15) is 19.1 Å². The summed E-state index contributed by atoms with van der Waals surface area (Å²) in [5.41, 5.74) is 5.95. The first kappa shape index (κ1) is 16.4. The molecular weight excluding hydrogens is 333 g/mol. The van der Waals surface area contributed by atoms with Gasteiger partial charge in [0, 0.05) is 37.1 Å². The first-order valence-corrected chi connectivity index (χ1v) is 9.30. The molecule has 0 spiro atoms. The number of thioether (sulfide) groups is 1. The standard InChI is InChI=1S/C16H22FN3O3S/c1-7-20-11-5-12(19-3-2-8(18)6-19)10(17)4-9(11)14(21)13(16(22)23)15(20)24-7/h8-13,15H,1-6,18H2,(H,22,23)/t8-,9?,10?,11?,12?,13?,15?/m1/s1. The maximum absolute atomic E-state index is 14.8. The fourth-order valence-corrected chi connectivity index (χ4v) is 6.06. The van der Waals surface area contributed by atoms with Crippen LogP contribution >= 0.6 is 11.8 Å². The van der Waals surface area contributed by atoms with Gasteiger partial charge in [0.15, 0.2) is 5.78 Å². The van der Waals surface area contributed by atoms with Gasteiger partial charge in [0.25, 0.3) is 0 Å². The minimum atomic E-state index is -1.12. The Morgan fingerprint density at radius 1 is 1.38 bits per heavy atom. The van der Waals surface area contributed by atoms with E-state index < -0.39 is 24.0 Å². The Morgan fingerprint density at radius 3 is 2.71 bits per heavy atom. The molecule has 3 saturated heterocycles. The van der Waals surface area contributed by atoms with Gasteiger partial charge in [0.1, 0.15) is 17.5 Å². The summed E-state index contributed by atoms with van der Waals surface area (Å²) in [6, 6.07) is -0.296. The Labute approximate surface area is 144 Å². The van der Waals surface area contributed by atoms with Gasteiger partial charge < -0.3 is 15.7 Å². The van der Waals surface area contributed by atoms with Crippen LogP contribution in [0.25, 0.3) is 0 Å². The van der Waals surface area contributed by atoms with Crippen molar-refractivity contribution in [3.8, 4) is 0 Å². The Morgan fingerprint density at radius 2 is 2.12 bits per heavy atom. The molecule has 4 rings (SSSR count). The van der Waals surface area contributed by atoms with Crippen LogP contribution in [-0.4, -0.2) is 69.4 Å². The zero-order valence-corrected chi connectivity index (χ0v) is 14.1. The van der Waals surface area contributed by atoms with E-state index in [1.54, 1.807) is 0 Å². The van der Waals surface area contributed by atoms with E-state index in [0.29, 0.717) is 13.0 Å². The first-order chi connectivity index (χ1) is 11.4. The molecule has 132 valence electrons. The molecular formula is C16H22FN3O3S. The molecule has 6 nitrogen and oxygen atoms in total. The summed E-state index contributed by atoms with van der Waals surface area (Å²) in [7, 11) is 0. The molecule has 4 aliphatic rings. The number of rotatable bonds is 2. The summed E-state index contributed by atoms with van der Waals surface area (Å²) in [6.45, 7) is 5.44. The quantitative estimate of drug-likeness (QED) is 0.703. The number of carboxylic acid groups (broad SMARTS) is 1. The number of hydrogen-bond donors (Lipinski definition) is 2. The second-order valence-corrected chi connectivity index (χ2v) is 8.49. The van der Waals surface area contributed by atoms with Gasteiger partial charge in [-0.25, -0.2) is 4.39 Å². The number of fused-ring (bicyclic) bond motifs is 3. The summed E-state index contributed by atoms with van der Waals surface area (Å²) < 4.78 is 14.8. The van der Waals surface area contributed by atoms with E-state index in [0.717, 1.165) is 18.0 Å². The monoisotopic (exact) mass is 355 g/mol. The molecule has 24 heavy (non-hydrogen) atoms. The van der Waals surface area contributed by atoms with Crippen molar-refractivity contribution in [3.63, 3.8) is 0 Å². The number of nitrogens with two attached hydrogens (primary N) is 1. The molecule has 0 aromatic rings. The van der Waals surface area contributed by atoms with Crippen LogP contribution in [0.3, 0.4) is 0 Å². The molecule has 0 aromatic carbocycles. The van der Waals surface area contributed by atoms with E-state index in [1.807, 2.05) is 4.90 Å². The van der Waals surface area contributed by atoms with Crippen LogP contribution in [0.4, 0.5) is 4.39 Å². The van der Waals surface area contributed by atoms with Crippen molar-refractivity contribution in [3.05, 3.63) is 11.6 Å². The van der Waals surface area contributed by atoms with Crippen molar-refractivity contribution < 1.29 is 19.1 Å². The van der Waals surface area contributed by atoms with E-state index in [2.05, 4.69) is 11.5 Å². The second kappa shape index (κ2) is 5.71. The molecule has 0 bridgehead atoms. The highest BCUT2D eigenvalue weighted by molar-refractivity contribution is 8.05. The fraction of sp³-hybridized carbons (Fsp3) is 0.750. The number of aliphatic carboxylic acids is 1. The molecule has 4 fully saturated rings. The van der Waals surface area contributed by atoms with Crippen LogP contribution in [0.15, 0.2) is 11.6 Å². The van der Waals surface area contributed by atoms with Crippen molar-refractivity contribution in [1.82, 2.24) is 9.80 Å². The van der Waals surface area contributed by atoms with Crippen LogP contribution in [-0.2, 0) is 9.59 Å². The number of likely N-dealkylation sites (tertiary alicyclic amines) is 1. The normalized spacial score (nSPS) is 45.6. The highest BCUT2D eigenvalue weighted by Gasteiger charge is 2.60. The summed E-state index contributed by atoms with van der Waals surface area (Å²) in [6.07, 6.45) is 0.387. The topological polar surface area (TPSA) is 86.9 Å². The number of carbonyl (C=O) groups excluding carboxylic acids is 1. The maximum Gasteiger partial charge on any atom is 0.317 e. The van der Waals surface area contributed by atoms with Crippen LogP contribution in [0, 0.1) is 11.8 Å². The van der Waals surface area contributed by atoms with Gasteiger partial charge in [-0.05, 0) is 19.3 Å². The SMILES string of the molecule is C=C1SC2C(C(=O)O)C(=O)C3CC(F)C(N4CC[C@@H](N)C4)CC3N12. The number of ketones is 1. The Balaban J connectivity index is 1.59. The second-order valence-electron chi connectivity index (χ2n) is 7.30. The molecule has 0 aromatic heterocycles. The lowest BCUT2D eigenvalue weighted by molar-refractivity contribution is -0.156. The molecule has 7 atom stereocenters. The van der Waals surface area contributed by atoms with Crippen molar-refractivity contribution in [2.24, 2.45) is 17.6 Å². The lowest BCUT2D eigenvalue weighted by Crippen LogP contribution is -2.67. The molecule has 1 saturated carbocycles. The number of hydrogen-bond acceptors (Lipinski definition) is 6. The summed E-state index contributed by atoms with van der Waals surface area (Å²) in [5.74, 6) is -3.06. The van der Waals surface area contributed by atoms with E-state index >= 15 is 0 Å². The highest BCUT2D eigenvalue weighted by Crippen LogP contribution is 2.54. The smallest absolute Gasteiger partial charge is 0.317 e. The molecule has 0 radical (unpaired) electrons. The van der Waals surface area contributed by atoms with Gasteiger partial charge in [0.2, 0.25) is 0 Å². The van der Waals surface area contributed by atoms with Gasteiger partial charge in [-0.2, -0.15) is 0 Å². The fourth-order valence-electron chi connectivity index (χ4n) is 4.79. The average Bonchev–Trinajstić information content (AvgIpc) is 2.93. The predicted octanol–water partition coefficient (Wildman–Crippen LogP) is 0.634. The number of Topliss-reactive ketones (excluding diaryl/α,β-unsaturated/α-hetero) is 1. The van der Waals surface area contributed by atoms with Crippen LogP contribution in [0.2, 0.25) is 0 Å². The lowest BCUT2D eigenvalue weighted by atomic mass is 9.71. The minimum absolute atomic E-state index is 0.0848. The number of carbonyl (C=O) groups is 2. The van der Waals surface area contributed by atoms with Crippen LogP contribution < -0.4 is 5.73 Å². The zero-order valence-electron chi connectivity index (χ0n) is 13.3. The Hall–Kier alpha value is -1.12. The molecule has 3 aliphatic heterocycles. The molecule has 3 heterocycles. The zero-order chi connectivity index (χ0) is 17.2. The number of alkyl halides is 1. The van der Waals surface area contributed by atoms with Crippen molar-refractivity contribution in [1.29, 1.82) is 0 Å². The number of piperidine rings is 1. The van der Waals surface area contributed by atoms with Crippen LogP contribution in [0.5, 0.6) is 0 Å². The number of carboxylic acids is 1. The Bertz CT molecular complexity index is 603. The van der Waals surface area contributed by atoms with Crippen molar-refractivity contribution >= 4 is 23.5 Å². The van der Waals surface area contributed by atoms with Gasteiger partial charge in [-0.1, -0.05) is 18.3 Å². The summed E-state index contributed by atoms with van der Waals surface area (Å²) in [5, 5.41) is 9.83. The van der Waals surface area contributed by atoms with Gasteiger partial charge in [-0.15, -0.1) is 0 Å². The van der Waals surface area contributed by atoms with Crippen molar-refractivity contribution in [2.75, 3.05) is 13.1 Å². The predicted molar refractivity (Wildman–Crippen MR) is 87.9 cm³/mol. The number of nitrogens with zero attached hydrogens (tertiary/aromatic N) is 2. The molecule has 1 aliphatic carbocycles. The third kappa shape index (κ3) is 2.30. The average molecular weight is 355 g/mol. The van der Waals surface area contributed by atoms with Crippen molar-refractivity contribution in [2.45, 2.75) is 48.9 Å². The molecule has 0 amide bonds. The largest absolute Gasteiger partial charge is 0.481 e.